The first-order chi connectivity index (χ1) is 7.89. The molecule has 0 aromatic carbocycles. The maximum Gasteiger partial charge on any atom is 0.311 e. The highest BCUT2D eigenvalue weighted by Crippen LogP contribution is 2.21. The van der Waals surface area contributed by atoms with Crippen LogP contribution in [0, 0.1) is 5.41 Å². The SMILES string of the molecule is CC/C=C(/CCCCC)OC(=O)CC(C)(C)C. The molecule has 0 saturated carbocycles. The average Bonchev–Trinajstić information content (AvgIpc) is 2.15. The molecule has 0 aliphatic heterocycles. The number of hydrogen-bond acceptors (Lipinski definition) is 2. The molecule has 2 heteroatoms. The summed E-state index contributed by atoms with van der Waals surface area (Å²) in [7, 11) is 0. The summed E-state index contributed by atoms with van der Waals surface area (Å²) in [5, 5.41) is 0. The molecule has 0 saturated heterocycles. The minimum Gasteiger partial charge on any atom is -0.431 e. The zero-order valence-corrected chi connectivity index (χ0v) is 12.1. The van der Waals surface area contributed by atoms with Gasteiger partial charge in [-0.2, -0.15) is 0 Å². The topological polar surface area (TPSA) is 26.3 Å². The van der Waals surface area contributed by atoms with Crippen LogP contribution < -0.4 is 0 Å². The zero-order chi connectivity index (χ0) is 13.3. The van der Waals surface area contributed by atoms with Crippen molar-refractivity contribution in [2.75, 3.05) is 0 Å². The van der Waals surface area contributed by atoms with Crippen molar-refractivity contribution < 1.29 is 9.53 Å². The van der Waals surface area contributed by atoms with Gasteiger partial charge in [0, 0.05) is 6.42 Å². The fraction of sp³-hybridized carbons (Fsp3) is 0.800. The summed E-state index contributed by atoms with van der Waals surface area (Å²) < 4.78 is 5.44. The van der Waals surface area contributed by atoms with Gasteiger partial charge in [-0.3, -0.25) is 4.79 Å². The highest BCUT2D eigenvalue weighted by atomic mass is 16.5. The monoisotopic (exact) mass is 240 g/mol. The van der Waals surface area contributed by atoms with E-state index in [1.807, 2.05) is 6.08 Å². The van der Waals surface area contributed by atoms with Crippen molar-refractivity contribution in [3.63, 3.8) is 0 Å². The van der Waals surface area contributed by atoms with Gasteiger partial charge in [-0.15, -0.1) is 0 Å². The van der Waals surface area contributed by atoms with Crippen LogP contribution in [0.3, 0.4) is 0 Å². The Morgan fingerprint density at radius 3 is 2.29 bits per heavy atom. The Morgan fingerprint density at radius 1 is 1.18 bits per heavy atom. The molecule has 0 spiro atoms. The second kappa shape index (κ2) is 8.32. The average molecular weight is 240 g/mol. The van der Waals surface area contributed by atoms with Crippen molar-refractivity contribution in [2.24, 2.45) is 5.41 Å². The van der Waals surface area contributed by atoms with Crippen molar-refractivity contribution in [2.45, 2.75) is 73.1 Å². The first-order valence-corrected chi connectivity index (χ1v) is 6.78. The Bertz CT molecular complexity index is 246. The Morgan fingerprint density at radius 2 is 1.82 bits per heavy atom. The summed E-state index contributed by atoms with van der Waals surface area (Å²) in [6.45, 7) is 10.4. The van der Waals surface area contributed by atoms with E-state index in [0.717, 1.165) is 25.0 Å². The van der Waals surface area contributed by atoms with E-state index in [9.17, 15) is 4.79 Å². The maximum atomic E-state index is 11.7. The maximum absolute atomic E-state index is 11.7. The predicted octanol–water partition coefficient (Wildman–Crippen LogP) is 4.84. The molecule has 0 N–H and O–H groups in total. The van der Waals surface area contributed by atoms with Crippen molar-refractivity contribution in [1.29, 1.82) is 0 Å². The molecular formula is C15H28O2. The van der Waals surface area contributed by atoms with E-state index in [1.165, 1.54) is 12.8 Å². The minimum atomic E-state index is -0.103. The molecule has 0 heterocycles. The number of carbonyl (C=O) groups is 1. The lowest BCUT2D eigenvalue weighted by molar-refractivity contribution is -0.141. The molecule has 0 amide bonds. The zero-order valence-electron chi connectivity index (χ0n) is 12.1. The number of allylic oxidation sites excluding steroid dienone is 2. The molecule has 0 rings (SSSR count). The first kappa shape index (κ1) is 16.2. The van der Waals surface area contributed by atoms with Gasteiger partial charge in [-0.25, -0.2) is 0 Å². The van der Waals surface area contributed by atoms with Crippen LogP contribution in [0.4, 0.5) is 0 Å². The quantitative estimate of drug-likeness (QED) is 0.361. The second-order valence-electron chi connectivity index (χ2n) is 5.75. The van der Waals surface area contributed by atoms with Crippen LogP contribution in [-0.2, 0) is 9.53 Å². The number of unbranched alkanes of at least 4 members (excludes halogenated alkanes) is 2. The van der Waals surface area contributed by atoms with Crippen molar-refractivity contribution in [3.8, 4) is 0 Å². The highest BCUT2D eigenvalue weighted by molar-refractivity contribution is 5.71. The van der Waals surface area contributed by atoms with Gasteiger partial charge in [-0.1, -0.05) is 47.5 Å². The molecule has 0 bridgehead atoms. The molecule has 0 atom stereocenters. The fourth-order valence-corrected chi connectivity index (χ4v) is 1.59. The van der Waals surface area contributed by atoms with Crippen LogP contribution in [-0.4, -0.2) is 5.97 Å². The van der Waals surface area contributed by atoms with Crippen LogP contribution in [0.1, 0.15) is 73.1 Å². The van der Waals surface area contributed by atoms with Gasteiger partial charge in [0.2, 0.25) is 0 Å². The van der Waals surface area contributed by atoms with Crippen molar-refractivity contribution in [3.05, 3.63) is 11.8 Å². The number of carbonyl (C=O) groups excluding carboxylic acids is 1. The smallest absolute Gasteiger partial charge is 0.311 e. The van der Waals surface area contributed by atoms with Crippen LogP contribution >= 0.6 is 0 Å². The van der Waals surface area contributed by atoms with E-state index in [0.29, 0.717) is 6.42 Å². The molecule has 0 radical (unpaired) electrons. The van der Waals surface area contributed by atoms with E-state index in [4.69, 9.17) is 4.74 Å². The molecule has 2 nitrogen and oxygen atoms in total. The van der Waals surface area contributed by atoms with Crippen molar-refractivity contribution in [1.82, 2.24) is 0 Å². The van der Waals surface area contributed by atoms with Gasteiger partial charge in [0.1, 0.15) is 5.76 Å². The van der Waals surface area contributed by atoms with Gasteiger partial charge in [-0.05, 0) is 24.3 Å². The predicted molar refractivity (Wildman–Crippen MR) is 72.7 cm³/mol. The summed E-state index contributed by atoms with van der Waals surface area (Å²) in [4.78, 5) is 11.7. The molecule has 0 aromatic rings. The van der Waals surface area contributed by atoms with Gasteiger partial charge in [0.15, 0.2) is 0 Å². The Labute approximate surface area is 106 Å². The number of rotatable bonds is 7. The molecule has 17 heavy (non-hydrogen) atoms. The first-order valence-electron chi connectivity index (χ1n) is 6.78. The van der Waals surface area contributed by atoms with Crippen molar-refractivity contribution >= 4 is 5.97 Å². The Hall–Kier alpha value is -0.790. The fourth-order valence-electron chi connectivity index (χ4n) is 1.59. The summed E-state index contributed by atoms with van der Waals surface area (Å²) in [5.41, 5.74) is -0.00216. The lowest BCUT2D eigenvalue weighted by Crippen LogP contribution is -2.15. The number of ether oxygens (including phenoxy) is 1. The molecule has 0 aliphatic carbocycles. The molecule has 0 aromatic heterocycles. The van der Waals surface area contributed by atoms with Crippen LogP contribution in [0.2, 0.25) is 0 Å². The van der Waals surface area contributed by atoms with Crippen LogP contribution in [0.5, 0.6) is 0 Å². The summed E-state index contributed by atoms with van der Waals surface area (Å²) in [6.07, 6.45) is 7.79. The lowest BCUT2D eigenvalue weighted by Gasteiger charge is -2.17. The molecule has 100 valence electrons. The summed E-state index contributed by atoms with van der Waals surface area (Å²) >= 11 is 0. The normalized spacial score (nSPS) is 12.6. The number of esters is 1. The summed E-state index contributed by atoms with van der Waals surface area (Å²) in [6, 6.07) is 0. The third-order valence-electron chi connectivity index (χ3n) is 2.38. The van der Waals surface area contributed by atoms with E-state index in [1.54, 1.807) is 0 Å². The van der Waals surface area contributed by atoms with E-state index < -0.39 is 0 Å². The Kier molecular flexibility index (Phi) is 7.94. The van der Waals surface area contributed by atoms with Gasteiger partial charge >= 0.3 is 5.97 Å². The van der Waals surface area contributed by atoms with Crippen LogP contribution in [0.15, 0.2) is 11.8 Å². The van der Waals surface area contributed by atoms with E-state index in [-0.39, 0.29) is 11.4 Å². The lowest BCUT2D eigenvalue weighted by atomic mass is 9.92. The minimum absolute atomic E-state index is 0.00216. The molecule has 0 aliphatic rings. The third kappa shape index (κ3) is 10.1. The second-order valence-corrected chi connectivity index (χ2v) is 5.75. The highest BCUT2D eigenvalue weighted by Gasteiger charge is 2.18. The standard InChI is InChI=1S/C15H28O2/c1-6-8-9-11-13(10-7-2)17-14(16)12-15(3,4)5/h10H,6-9,11-12H2,1-5H3/b13-10-. The van der Waals surface area contributed by atoms with Crippen LogP contribution in [0.25, 0.3) is 0 Å². The summed E-state index contributed by atoms with van der Waals surface area (Å²) in [5.74, 6) is 0.754. The molecular weight excluding hydrogens is 212 g/mol. The van der Waals surface area contributed by atoms with E-state index >= 15 is 0 Å². The van der Waals surface area contributed by atoms with Gasteiger partial charge in [0.05, 0.1) is 6.42 Å². The largest absolute Gasteiger partial charge is 0.431 e. The number of hydrogen-bond donors (Lipinski definition) is 0. The van der Waals surface area contributed by atoms with Gasteiger partial charge in [0.25, 0.3) is 0 Å². The Balaban J connectivity index is 4.16. The van der Waals surface area contributed by atoms with E-state index in [2.05, 4.69) is 34.6 Å². The third-order valence-corrected chi connectivity index (χ3v) is 2.38. The molecule has 0 unspecified atom stereocenters. The molecule has 0 fully saturated rings. The van der Waals surface area contributed by atoms with Gasteiger partial charge < -0.3 is 4.74 Å².